The zero-order chi connectivity index (χ0) is 16.5. The lowest BCUT2D eigenvalue weighted by Crippen LogP contribution is -2.74. The Morgan fingerprint density at radius 2 is 2.08 bits per heavy atom. The highest BCUT2D eigenvalue weighted by atomic mass is 16.3. The molecule has 130 valence electrons. The summed E-state index contributed by atoms with van der Waals surface area (Å²) in [5.41, 5.74) is 9.91. The van der Waals surface area contributed by atoms with E-state index in [1.54, 1.807) is 0 Å². The summed E-state index contributed by atoms with van der Waals surface area (Å²) in [6.45, 7) is 4.49. The Morgan fingerprint density at radius 3 is 2.88 bits per heavy atom. The third-order valence-electron chi connectivity index (χ3n) is 7.54. The first kappa shape index (κ1) is 15.4. The Kier molecular flexibility index (Phi) is 3.24. The molecule has 0 radical (unpaired) electrons. The SMILES string of the molecule is Cc1ccc2c(c1)[C@]13CCN(CC4CC4)[C@H](C2)[C@]1(O)CC[C@@H](N)C3. The van der Waals surface area contributed by atoms with E-state index in [0.717, 1.165) is 44.6 Å². The number of aryl methyl sites for hydroxylation is 1. The van der Waals surface area contributed by atoms with Gasteiger partial charge in [-0.3, -0.25) is 4.90 Å². The fourth-order valence-electron chi connectivity index (χ4n) is 6.12. The van der Waals surface area contributed by atoms with Crippen LogP contribution in [0.2, 0.25) is 0 Å². The molecule has 1 aliphatic heterocycles. The number of fused-ring (bicyclic) bond motifs is 1. The highest BCUT2D eigenvalue weighted by molar-refractivity contribution is 5.47. The first-order valence-corrected chi connectivity index (χ1v) is 9.84. The third kappa shape index (κ3) is 2.01. The number of benzene rings is 1. The van der Waals surface area contributed by atoms with E-state index in [-0.39, 0.29) is 17.5 Å². The molecule has 3 fully saturated rings. The average Bonchev–Trinajstić information content (AvgIpc) is 3.36. The van der Waals surface area contributed by atoms with Crippen molar-refractivity contribution in [2.45, 2.75) is 75.0 Å². The highest BCUT2D eigenvalue weighted by Gasteiger charge is 2.64. The van der Waals surface area contributed by atoms with Crippen molar-refractivity contribution in [1.29, 1.82) is 0 Å². The van der Waals surface area contributed by atoms with Gasteiger partial charge < -0.3 is 10.8 Å². The van der Waals surface area contributed by atoms with Crippen molar-refractivity contribution in [1.82, 2.24) is 4.90 Å². The van der Waals surface area contributed by atoms with E-state index in [2.05, 4.69) is 30.0 Å². The molecule has 3 aliphatic carbocycles. The van der Waals surface area contributed by atoms with Gasteiger partial charge >= 0.3 is 0 Å². The molecule has 5 rings (SSSR count). The molecule has 1 saturated heterocycles. The number of nitrogens with two attached hydrogens (primary N) is 1. The van der Waals surface area contributed by atoms with Crippen LogP contribution in [0.5, 0.6) is 0 Å². The third-order valence-corrected chi connectivity index (χ3v) is 7.54. The average molecular weight is 326 g/mol. The molecule has 2 saturated carbocycles. The minimum absolute atomic E-state index is 0.116. The molecular weight excluding hydrogens is 296 g/mol. The Hall–Kier alpha value is -0.900. The van der Waals surface area contributed by atoms with E-state index in [0.29, 0.717) is 0 Å². The number of piperidine rings is 1. The number of rotatable bonds is 2. The van der Waals surface area contributed by atoms with Gasteiger partial charge in [0.05, 0.1) is 5.60 Å². The maximum Gasteiger partial charge on any atom is 0.0903 e. The van der Waals surface area contributed by atoms with Crippen LogP contribution in [0.15, 0.2) is 18.2 Å². The summed E-state index contributed by atoms with van der Waals surface area (Å²) in [5, 5.41) is 12.0. The van der Waals surface area contributed by atoms with Crippen molar-refractivity contribution in [3.05, 3.63) is 34.9 Å². The van der Waals surface area contributed by atoms with Crippen molar-refractivity contribution in [3.63, 3.8) is 0 Å². The van der Waals surface area contributed by atoms with Crippen LogP contribution >= 0.6 is 0 Å². The molecule has 1 heterocycles. The molecule has 2 bridgehead atoms. The lowest BCUT2D eigenvalue weighted by Gasteiger charge is -2.64. The van der Waals surface area contributed by atoms with Crippen molar-refractivity contribution in [3.8, 4) is 0 Å². The summed E-state index contributed by atoms with van der Waals surface area (Å²) in [6, 6.07) is 7.43. The summed E-state index contributed by atoms with van der Waals surface area (Å²) in [6.07, 6.45) is 7.63. The summed E-state index contributed by atoms with van der Waals surface area (Å²) < 4.78 is 0. The first-order valence-electron chi connectivity index (χ1n) is 9.84. The number of aliphatic hydroxyl groups is 1. The molecular formula is C21H30N2O. The summed E-state index contributed by atoms with van der Waals surface area (Å²) >= 11 is 0. The minimum Gasteiger partial charge on any atom is -0.387 e. The van der Waals surface area contributed by atoms with Crippen molar-refractivity contribution >= 4 is 0 Å². The molecule has 4 atom stereocenters. The number of hydrogen-bond donors (Lipinski definition) is 2. The Bertz CT molecular complexity index is 670. The van der Waals surface area contributed by atoms with Crippen LogP contribution in [0.4, 0.5) is 0 Å². The van der Waals surface area contributed by atoms with Crippen LogP contribution < -0.4 is 5.73 Å². The molecule has 3 nitrogen and oxygen atoms in total. The van der Waals surface area contributed by atoms with E-state index in [4.69, 9.17) is 5.73 Å². The quantitative estimate of drug-likeness (QED) is 0.878. The van der Waals surface area contributed by atoms with Gasteiger partial charge in [-0.15, -0.1) is 0 Å². The van der Waals surface area contributed by atoms with Gasteiger partial charge in [0.15, 0.2) is 0 Å². The fraction of sp³-hybridized carbons (Fsp3) is 0.714. The largest absolute Gasteiger partial charge is 0.387 e. The summed E-state index contributed by atoms with van der Waals surface area (Å²) in [5.74, 6) is 0.881. The van der Waals surface area contributed by atoms with E-state index in [9.17, 15) is 5.11 Å². The second-order valence-corrected chi connectivity index (χ2v) is 9.08. The molecule has 3 N–H and O–H groups in total. The van der Waals surface area contributed by atoms with Gasteiger partial charge in [0.2, 0.25) is 0 Å². The molecule has 4 aliphatic rings. The fourth-order valence-corrected chi connectivity index (χ4v) is 6.12. The number of hydrogen-bond acceptors (Lipinski definition) is 3. The molecule has 0 aromatic heterocycles. The van der Waals surface area contributed by atoms with Crippen LogP contribution in [0.3, 0.4) is 0 Å². The van der Waals surface area contributed by atoms with Gasteiger partial charge in [0.1, 0.15) is 0 Å². The topological polar surface area (TPSA) is 49.5 Å². The predicted molar refractivity (Wildman–Crippen MR) is 96.0 cm³/mol. The van der Waals surface area contributed by atoms with E-state index >= 15 is 0 Å². The first-order chi connectivity index (χ1) is 11.5. The van der Waals surface area contributed by atoms with Gasteiger partial charge in [-0.25, -0.2) is 0 Å². The minimum atomic E-state index is -0.587. The van der Waals surface area contributed by atoms with Gasteiger partial charge in [-0.2, -0.15) is 0 Å². The Balaban J connectivity index is 1.64. The van der Waals surface area contributed by atoms with E-state index < -0.39 is 5.60 Å². The molecule has 24 heavy (non-hydrogen) atoms. The Morgan fingerprint density at radius 1 is 1.25 bits per heavy atom. The van der Waals surface area contributed by atoms with Gasteiger partial charge in [-0.1, -0.05) is 23.8 Å². The van der Waals surface area contributed by atoms with Crippen LogP contribution in [0.25, 0.3) is 0 Å². The number of nitrogens with zero attached hydrogens (tertiary/aromatic N) is 1. The zero-order valence-electron chi connectivity index (χ0n) is 14.8. The van der Waals surface area contributed by atoms with Gasteiger partial charge in [0.25, 0.3) is 0 Å². The maximum atomic E-state index is 12.0. The smallest absolute Gasteiger partial charge is 0.0903 e. The van der Waals surface area contributed by atoms with Crippen LogP contribution in [-0.2, 0) is 11.8 Å². The normalized spacial score (nSPS) is 41.6. The summed E-state index contributed by atoms with van der Waals surface area (Å²) in [7, 11) is 0. The van der Waals surface area contributed by atoms with E-state index in [1.165, 1.54) is 36.1 Å². The highest BCUT2D eigenvalue weighted by Crippen LogP contribution is 2.58. The number of likely N-dealkylation sites (tertiary alicyclic amines) is 1. The second kappa shape index (κ2) is 5.06. The van der Waals surface area contributed by atoms with Gasteiger partial charge in [0, 0.05) is 24.0 Å². The Labute approximate surface area is 145 Å². The molecule has 1 aromatic carbocycles. The van der Waals surface area contributed by atoms with E-state index in [1.807, 2.05) is 0 Å². The van der Waals surface area contributed by atoms with Crippen LogP contribution in [-0.4, -0.2) is 40.8 Å². The lowest BCUT2D eigenvalue weighted by atomic mass is 9.49. The van der Waals surface area contributed by atoms with Crippen LogP contribution in [0, 0.1) is 12.8 Å². The molecule has 1 aromatic rings. The lowest BCUT2D eigenvalue weighted by molar-refractivity contribution is -0.169. The molecule has 0 unspecified atom stereocenters. The second-order valence-electron chi connectivity index (χ2n) is 9.08. The predicted octanol–water partition coefficient (Wildman–Crippen LogP) is 2.52. The van der Waals surface area contributed by atoms with Crippen molar-refractivity contribution in [2.24, 2.45) is 11.7 Å². The van der Waals surface area contributed by atoms with Crippen molar-refractivity contribution in [2.75, 3.05) is 13.1 Å². The standard InChI is InChI=1S/C21H30N2O/c1-14-2-5-16-11-19-21(24)7-6-17(22)12-20(21,18(16)10-14)8-9-23(19)13-15-3-4-15/h2,5,10,15,17,19,24H,3-4,6-9,11-13,22H2,1H3/t17-,19-,20-,21-/m1/s1. The van der Waals surface area contributed by atoms with Gasteiger partial charge in [-0.05, 0) is 75.5 Å². The monoisotopic (exact) mass is 326 g/mol. The maximum absolute atomic E-state index is 12.0. The molecule has 0 amide bonds. The zero-order valence-corrected chi connectivity index (χ0v) is 14.8. The summed E-state index contributed by atoms with van der Waals surface area (Å²) in [4.78, 5) is 2.63. The molecule has 0 spiro atoms. The van der Waals surface area contributed by atoms with Crippen LogP contribution in [0.1, 0.15) is 55.2 Å². The molecule has 3 heteroatoms. The van der Waals surface area contributed by atoms with Crippen molar-refractivity contribution < 1.29 is 5.11 Å².